The molecule has 0 radical (unpaired) electrons. The van der Waals surface area contributed by atoms with Crippen LogP contribution in [0.25, 0.3) is 0 Å². The summed E-state index contributed by atoms with van der Waals surface area (Å²) in [5.74, 6) is 0.638. The highest BCUT2D eigenvalue weighted by atomic mass is 19.1. The fourth-order valence-electron chi connectivity index (χ4n) is 2.22. The molecule has 0 fully saturated rings. The average molecular weight is 313 g/mol. The van der Waals surface area contributed by atoms with Crippen molar-refractivity contribution < 1.29 is 9.13 Å². The molecule has 0 saturated carbocycles. The van der Waals surface area contributed by atoms with Gasteiger partial charge in [-0.05, 0) is 60.5 Å². The fourth-order valence-corrected chi connectivity index (χ4v) is 2.22. The van der Waals surface area contributed by atoms with Gasteiger partial charge in [0.05, 0.1) is 12.3 Å². The van der Waals surface area contributed by atoms with Crippen LogP contribution in [-0.4, -0.2) is 12.8 Å². The molecule has 3 heteroatoms. The molecule has 0 bridgehead atoms. The number of halogens is 1. The fraction of sp³-hybridized carbons (Fsp3) is 0.350. The van der Waals surface area contributed by atoms with Crippen LogP contribution in [0, 0.1) is 5.82 Å². The molecule has 0 aliphatic heterocycles. The van der Waals surface area contributed by atoms with E-state index in [0.717, 1.165) is 30.0 Å². The van der Waals surface area contributed by atoms with Crippen LogP contribution in [0.3, 0.4) is 0 Å². The van der Waals surface area contributed by atoms with E-state index in [1.807, 2.05) is 24.3 Å². The first-order chi connectivity index (χ1) is 11.3. The molecule has 0 aromatic heterocycles. The molecule has 0 aliphatic rings. The van der Waals surface area contributed by atoms with Crippen molar-refractivity contribution in [1.82, 2.24) is 0 Å². The van der Waals surface area contributed by atoms with Crippen LogP contribution in [0.2, 0.25) is 0 Å². The van der Waals surface area contributed by atoms with Gasteiger partial charge in [0.2, 0.25) is 0 Å². The first-order valence-electron chi connectivity index (χ1n) is 8.30. The lowest BCUT2D eigenvalue weighted by Crippen LogP contribution is -1.97. The van der Waals surface area contributed by atoms with Gasteiger partial charge in [0, 0.05) is 6.21 Å². The zero-order chi connectivity index (χ0) is 16.3. The molecule has 0 heterocycles. The maximum Gasteiger partial charge on any atom is 0.123 e. The minimum atomic E-state index is -0.250. The van der Waals surface area contributed by atoms with Crippen molar-refractivity contribution in [2.24, 2.45) is 4.99 Å². The molecular formula is C20H24FNO. The van der Waals surface area contributed by atoms with E-state index in [9.17, 15) is 4.39 Å². The molecule has 0 amide bonds. The molecule has 122 valence electrons. The minimum absolute atomic E-state index is 0.250. The normalized spacial score (nSPS) is 11.0. The van der Waals surface area contributed by atoms with E-state index in [1.165, 1.54) is 37.8 Å². The molecule has 2 aromatic carbocycles. The van der Waals surface area contributed by atoms with Gasteiger partial charge in [-0.3, -0.25) is 4.99 Å². The number of rotatable bonds is 9. The topological polar surface area (TPSA) is 21.6 Å². The number of benzene rings is 2. The summed E-state index contributed by atoms with van der Waals surface area (Å²) in [7, 11) is 0. The van der Waals surface area contributed by atoms with Crippen molar-refractivity contribution >= 4 is 11.9 Å². The van der Waals surface area contributed by atoms with Crippen molar-refractivity contribution in [3.05, 3.63) is 59.9 Å². The summed E-state index contributed by atoms with van der Waals surface area (Å²) in [6.45, 7) is 2.99. The minimum Gasteiger partial charge on any atom is -0.494 e. The number of hydrogen-bond donors (Lipinski definition) is 0. The maximum absolute atomic E-state index is 12.8. The van der Waals surface area contributed by atoms with Crippen molar-refractivity contribution in [3.63, 3.8) is 0 Å². The van der Waals surface area contributed by atoms with Gasteiger partial charge in [0.1, 0.15) is 11.6 Å². The smallest absolute Gasteiger partial charge is 0.123 e. The van der Waals surface area contributed by atoms with Crippen LogP contribution in [0.5, 0.6) is 5.75 Å². The summed E-state index contributed by atoms with van der Waals surface area (Å²) < 4.78 is 18.5. The standard InChI is InChI=1S/C20H24FNO/c1-2-3-4-5-6-15-23-20-13-7-17(8-14-20)16-22-19-11-9-18(21)10-12-19/h7-14,16H,2-6,15H2,1H3. The van der Waals surface area contributed by atoms with Gasteiger partial charge in [-0.25, -0.2) is 4.39 Å². The summed E-state index contributed by atoms with van der Waals surface area (Å²) in [4.78, 5) is 4.32. The van der Waals surface area contributed by atoms with E-state index in [0.29, 0.717) is 0 Å². The maximum atomic E-state index is 12.8. The Balaban J connectivity index is 1.76. The van der Waals surface area contributed by atoms with Crippen LogP contribution >= 0.6 is 0 Å². The third-order valence-corrected chi connectivity index (χ3v) is 3.59. The van der Waals surface area contributed by atoms with Crippen LogP contribution in [0.4, 0.5) is 10.1 Å². The van der Waals surface area contributed by atoms with E-state index in [2.05, 4.69) is 11.9 Å². The number of aliphatic imine (C=N–C) groups is 1. The summed E-state index contributed by atoms with van der Waals surface area (Å²) in [5.41, 5.74) is 1.73. The highest BCUT2D eigenvalue weighted by molar-refractivity contribution is 5.82. The van der Waals surface area contributed by atoms with Crippen molar-refractivity contribution in [2.75, 3.05) is 6.61 Å². The zero-order valence-electron chi connectivity index (χ0n) is 13.7. The third-order valence-electron chi connectivity index (χ3n) is 3.59. The molecule has 2 aromatic rings. The lowest BCUT2D eigenvalue weighted by atomic mass is 10.2. The van der Waals surface area contributed by atoms with E-state index in [1.54, 1.807) is 18.3 Å². The number of unbranched alkanes of at least 4 members (excludes halogenated alkanes) is 4. The van der Waals surface area contributed by atoms with E-state index >= 15 is 0 Å². The van der Waals surface area contributed by atoms with Crippen LogP contribution in [-0.2, 0) is 0 Å². The number of hydrogen-bond acceptors (Lipinski definition) is 2. The van der Waals surface area contributed by atoms with Crippen molar-refractivity contribution in [3.8, 4) is 5.75 Å². The SMILES string of the molecule is CCCCCCCOc1ccc(C=Nc2ccc(F)cc2)cc1. The average Bonchev–Trinajstić information content (AvgIpc) is 2.58. The first kappa shape index (κ1) is 17.2. The molecule has 0 unspecified atom stereocenters. The Morgan fingerprint density at radius 1 is 0.913 bits per heavy atom. The van der Waals surface area contributed by atoms with Crippen molar-refractivity contribution in [1.29, 1.82) is 0 Å². The highest BCUT2D eigenvalue weighted by Crippen LogP contribution is 2.15. The van der Waals surface area contributed by atoms with Gasteiger partial charge in [-0.2, -0.15) is 0 Å². The van der Waals surface area contributed by atoms with E-state index < -0.39 is 0 Å². The molecule has 0 N–H and O–H groups in total. The zero-order valence-corrected chi connectivity index (χ0v) is 13.7. The predicted molar refractivity (Wildman–Crippen MR) is 94.4 cm³/mol. The molecule has 0 saturated heterocycles. The Bertz CT molecular complexity index is 590. The Labute approximate surface area is 138 Å². The van der Waals surface area contributed by atoms with E-state index in [4.69, 9.17) is 4.74 Å². The predicted octanol–water partition coefficient (Wildman–Crippen LogP) is 5.93. The second-order valence-corrected chi connectivity index (χ2v) is 5.57. The number of ether oxygens (including phenoxy) is 1. The second-order valence-electron chi connectivity index (χ2n) is 5.57. The quantitative estimate of drug-likeness (QED) is 0.415. The Morgan fingerprint density at radius 2 is 1.61 bits per heavy atom. The first-order valence-corrected chi connectivity index (χ1v) is 8.30. The molecule has 23 heavy (non-hydrogen) atoms. The highest BCUT2D eigenvalue weighted by Gasteiger charge is 1.95. The summed E-state index contributed by atoms with van der Waals surface area (Å²) in [5, 5.41) is 0. The third kappa shape index (κ3) is 6.64. The monoisotopic (exact) mass is 313 g/mol. The molecule has 2 nitrogen and oxygen atoms in total. The Hall–Kier alpha value is -2.16. The molecule has 0 atom stereocenters. The Kier molecular flexibility index (Phi) is 7.31. The van der Waals surface area contributed by atoms with Gasteiger partial charge in [-0.1, -0.05) is 32.6 Å². The Morgan fingerprint density at radius 3 is 2.30 bits per heavy atom. The lowest BCUT2D eigenvalue weighted by Gasteiger charge is -2.06. The van der Waals surface area contributed by atoms with Crippen LogP contribution < -0.4 is 4.74 Å². The molecule has 2 rings (SSSR count). The van der Waals surface area contributed by atoms with Gasteiger partial charge in [-0.15, -0.1) is 0 Å². The molecule has 0 aliphatic carbocycles. The van der Waals surface area contributed by atoms with Crippen molar-refractivity contribution in [2.45, 2.75) is 39.0 Å². The largest absolute Gasteiger partial charge is 0.494 e. The lowest BCUT2D eigenvalue weighted by molar-refractivity contribution is 0.304. The van der Waals surface area contributed by atoms with Crippen LogP contribution in [0.1, 0.15) is 44.6 Å². The van der Waals surface area contributed by atoms with Gasteiger partial charge >= 0.3 is 0 Å². The summed E-state index contributed by atoms with van der Waals surface area (Å²) >= 11 is 0. The summed E-state index contributed by atoms with van der Waals surface area (Å²) in [6.07, 6.45) is 7.97. The molecule has 0 spiro atoms. The van der Waals surface area contributed by atoms with Gasteiger partial charge < -0.3 is 4.74 Å². The molecular weight excluding hydrogens is 289 g/mol. The van der Waals surface area contributed by atoms with Crippen LogP contribution in [0.15, 0.2) is 53.5 Å². The van der Waals surface area contributed by atoms with Gasteiger partial charge in [0.15, 0.2) is 0 Å². The van der Waals surface area contributed by atoms with Gasteiger partial charge in [0.25, 0.3) is 0 Å². The second kappa shape index (κ2) is 9.78. The summed E-state index contributed by atoms with van der Waals surface area (Å²) in [6, 6.07) is 14.0. The number of nitrogens with zero attached hydrogens (tertiary/aromatic N) is 1. The van der Waals surface area contributed by atoms with E-state index in [-0.39, 0.29) is 5.82 Å².